The van der Waals surface area contributed by atoms with Gasteiger partial charge in [0.2, 0.25) is 0 Å². The van der Waals surface area contributed by atoms with Crippen LogP contribution in [0.3, 0.4) is 0 Å². The lowest BCUT2D eigenvalue weighted by Crippen LogP contribution is -2.54. The van der Waals surface area contributed by atoms with Crippen molar-refractivity contribution in [3.8, 4) is 0 Å². The number of hydrogen-bond acceptors (Lipinski definition) is 3. The molecule has 1 saturated heterocycles. The fourth-order valence-electron chi connectivity index (χ4n) is 4.34. The molecular formula is C28H23N3O3. The molecule has 0 radical (unpaired) electrons. The number of amides is 4. The molecule has 5 rings (SSSR count). The number of rotatable bonds is 4. The highest BCUT2D eigenvalue weighted by molar-refractivity contribution is 6.39. The Hall–Kier alpha value is -4.45. The van der Waals surface area contributed by atoms with E-state index in [0.717, 1.165) is 32.5 Å². The van der Waals surface area contributed by atoms with Gasteiger partial charge in [0, 0.05) is 29.2 Å². The van der Waals surface area contributed by atoms with Gasteiger partial charge in [-0.2, -0.15) is 0 Å². The molecule has 0 atom stereocenters. The third-order valence-corrected chi connectivity index (χ3v) is 5.92. The van der Waals surface area contributed by atoms with Crippen molar-refractivity contribution in [2.45, 2.75) is 20.4 Å². The van der Waals surface area contributed by atoms with E-state index in [2.05, 4.69) is 35.0 Å². The van der Waals surface area contributed by atoms with Gasteiger partial charge in [-0.1, -0.05) is 60.2 Å². The van der Waals surface area contributed by atoms with E-state index in [-0.39, 0.29) is 5.57 Å². The van der Waals surface area contributed by atoms with Crippen molar-refractivity contribution in [3.63, 3.8) is 0 Å². The quantitative estimate of drug-likeness (QED) is 0.353. The molecule has 168 valence electrons. The molecule has 0 bridgehead atoms. The zero-order valence-corrected chi connectivity index (χ0v) is 18.9. The first-order valence-electron chi connectivity index (χ1n) is 11.0. The van der Waals surface area contributed by atoms with Crippen molar-refractivity contribution in [1.82, 2.24) is 9.88 Å². The number of aryl methyl sites for hydroxylation is 2. The molecule has 3 aromatic carbocycles. The number of benzene rings is 3. The first-order chi connectivity index (χ1) is 16.4. The van der Waals surface area contributed by atoms with Gasteiger partial charge in [0.1, 0.15) is 5.57 Å². The van der Waals surface area contributed by atoms with Gasteiger partial charge in [-0.25, -0.2) is 9.69 Å². The molecule has 0 saturated carbocycles. The second-order valence-corrected chi connectivity index (χ2v) is 8.52. The number of urea groups is 1. The first-order valence-corrected chi connectivity index (χ1v) is 11.0. The van der Waals surface area contributed by atoms with Crippen LogP contribution < -0.4 is 10.2 Å². The summed E-state index contributed by atoms with van der Waals surface area (Å²) in [5, 5.41) is 3.22. The number of nitrogens with zero attached hydrogens (tertiary/aromatic N) is 2. The molecule has 1 aliphatic heterocycles. The van der Waals surface area contributed by atoms with E-state index in [0.29, 0.717) is 12.2 Å². The molecule has 4 aromatic rings. The molecule has 4 amide bonds. The summed E-state index contributed by atoms with van der Waals surface area (Å²) in [5.41, 5.74) is 5.30. The Balaban J connectivity index is 1.57. The van der Waals surface area contributed by atoms with Crippen LogP contribution in [0, 0.1) is 13.8 Å². The smallest absolute Gasteiger partial charge is 0.335 e. The largest absolute Gasteiger partial charge is 0.342 e. The summed E-state index contributed by atoms with van der Waals surface area (Å²) in [4.78, 5) is 39.5. The van der Waals surface area contributed by atoms with E-state index in [1.165, 1.54) is 5.56 Å². The predicted molar refractivity (Wildman–Crippen MR) is 132 cm³/mol. The van der Waals surface area contributed by atoms with Crippen molar-refractivity contribution in [1.29, 1.82) is 0 Å². The van der Waals surface area contributed by atoms with Gasteiger partial charge in [0.15, 0.2) is 0 Å². The number of aromatic nitrogens is 1. The van der Waals surface area contributed by atoms with Gasteiger partial charge in [0.05, 0.1) is 5.69 Å². The van der Waals surface area contributed by atoms with Crippen LogP contribution in [0.1, 0.15) is 22.3 Å². The fraction of sp³-hybridized carbons (Fsp3) is 0.107. The summed E-state index contributed by atoms with van der Waals surface area (Å²) >= 11 is 0. The number of carbonyl (C=O) groups excluding carboxylic acids is 3. The Labute approximate surface area is 197 Å². The summed E-state index contributed by atoms with van der Waals surface area (Å²) in [6, 6.07) is 22.5. The van der Waals surface area contributed by atoms with Gasteiger partial charge < -0.3 is 4.57 Å². The van der Waals surface area contributed by atoms with Gasteiger partial charge >= 0.3 is 6.03 Å². The Bertz CT molecular complexity index is 1500. The highest BCUT2D eigenvalue weighted by Gasteiger charge is 2.37. The van der Waals surface area contributed by atoms with Crippen molar-refractivity contribution in [2.24, 2.45) is 0 Å². The monoisotopic (exact) mass is 449 g/mol. The number of anilines is 1. The van der Waals surface area contributed by atoms with Crippen molar-refractivity contribution < 1.29 is 14.4 Å². The Morgan fingerprint density at radius 2 is 1.59 bits per heavy atom. The molecule has 6 nitrogen and oxygen atoms in total. The SMILES string of the molecule is Cc1cccc(Cn2cc(C=C3C(=O)NC(=O)N(c4cccc(C)c4)C3=O)c3ccccc32)c1. The molecule has 1 aromatic heterocycles. The van der Waals surface area contributed by atoms with E-state index < -0.39 is 17.8 Å². The predicted octanol–water partition coefficient (Wildman–Crippen LogP) is 4.97. The summed E-state index contributed by atoms with van der Waals surface area (Å²) in [7, 11) is 0. The van der Waals surface area contributed by atoms with Crippen molar-refractivity contribution >= 4 is 40.5 Å². The molecule has 0 aliphatic carbocycles. The van der Waals surface area contributed by atoms with Crippen molar-refractivity contribution in [2.75, 3.05) is 4.90 Å². The number of hydrogen-bond donors (Lipinski definition) is 1. The minimum Gasteiger partial charge on any atom is -0.342 e. The average Bonchev–Trinajstić information content (AvgIpc) is 3.14. The minimum absolute atomic E-state index is 0.0837. The molecular weight excluding hydrogens is 426 g/mol. The van der Waals surface area contributed by atoms with E-state index in [4.69, 9.17) is 0 Å². The van der Waals surface area contributed by atoms with E-state index in [9.17, 15) is 14.4 Å². The molecule has 0 unspecified atom stereocenters. The number of fused-ring (bicyclic) bond motifs is 1. The van der Waals surface area contributed by atoms with Crippen LogP contribution in [0.25, 0.3) is 17.0 Å². The summed E-state index contributed by atoms with van der Waals surface area (Å²) in [6.07, 6.45) is 3.51. The van der Waals surface area contributed by atoms with Gasteiger partial charge in [0.25, 0.3) is 11.8 Å². The van der Waals surface area contributed by atoms with Crippen LogP contribution in [0.15, 0.2) is 84.6 Å². The van der Waals surface area contributed by atoms with Crippen LogP contribution in [-0.4, -0.2) is 22.4 Å². The molecule has 2 heterocycles. The minimum atomic E-state index is -0.750. The Kier molecular flexibility index (Phi) is 5.34. The summed E-state index contributed by atoms with van der Waals surface area (Å²) < 4.78 is 2.10. The molecule has 6 heteroatoms. The summed E-state index contributed by atoms with van der Waals surface area (Å²) in [5.74, 6) is -1.34. The number of imide groups is 2. The van der Waals surface area contributed by atoms with Gasteiger partial charge in [-0.15, -0.1) is 0 Å². The molecule has 1 aliphatic rings. The maximum atomic E-state index is 13.3. The lowest BCUT2D eigenvalue weighted by molar-refractivity contribution is -0.122. The summed E-state index contributed by atoms with van der Waals surface area (Å²) in [6.45, 7) is 4.59. The second kappa shape index (κ2) is 8.48. The first kappa shape index (κ1) is 21.4. The number of carbonyl (C=O) groups is 3. The maximum Gasteiger partial charge on any atom is 0.335 e. The molecule has 0 spiro atoms. The Morgan fingerprint density at radius 1 is 0.853 bits per heavy atom. The number of nitrogens with one attached hydrogen (secondary N) is 1. The topological polar surface area (TPSA) is 71.4 Å². The molecule has 1 N–H and O–H groups in total. The number of barbiturate groups is 1. The zero-order valence-electron chi connectivity index (χ0n) is 18.9. The van der Waals surface area contributed by atoms with Crippen LogP contribution in [0.2, 0.25) is 0 Å². The Morgan fingerprint density at radius 3 is 2.35 bits per heavy atom. The van der Waals surface area contributed by atoms with E-state index in [1.807, 2.05) is 49.5 Å². The zero-order chi connectivity index (χ0) is 23.8. The van der Waals surface area contributed by atoms with E-state index in [1.54, 1.807) is 24.3 Å². The lowest BCUT2D eigenvalue weighted by Gasteiger charge is -2.26. The standard InChI is InChI=1S/C28H23N3O3/c1-18-7-5-9-20(13-18)16-30-17-21(23-11-3-4-12-25(23)30)15-24-26(32)29-28(34)31(27(24)33)22-10-6-8-19(2)14-22/h3-15,17H,16H2,1-2H3,(H,29,32,34). The maximum absolute atomic E-state index is 13.3. The average molecular weight is 450 g/mol. The van der Waals surface area contributed by atoms with Gasteiger partial charge in [-0.3, -0.25) is 14.9 Å². The highest BCUT2D eigenvalue weighted by atomic mass is 16.2. The molecule has 1 fully saturated rings. The normalized spacial score (nSPS) is 15.3. The second-order valence-electron chi connectivity index (χ2n) is 8.52. The van der Waals surface area contributed by atoms with Gasteiger partial charge in [-0.05, 0) is 49.2 Å². The molecule has 34 heavy (non-hydrogen) atoms. The third kappa shape index (κ3) is 3.90. The number of para-hydroxylation sites is 1. The highest BCUT2D eigenvalue weighted by Crippen LogP contribution is 2.27. The van der Waals surface area contributed by atoms with Crippen LogP contribution in [0.5, 0.6) is 0 Å². The van der Waals surface area contributed by atoms with Crippen molar-refractivity contribution in [3.05, 3.63) is 107 Å². The fourth-order valence-corrected chi connectivity index (χ4v) is 4.34. The van der Waals surface area contributed by atoms with Crippen LogP contribution in [-0.2, 0) is 16.1 Å². The van der Waals surface area contributed by atoms with E-state index >= 15 is 0 Å². The third-order valence-electron chi connectivity index (χ3n) is 5.92. The van der Waals surface area contributed by atoms with Crippen LogP contribution in [0.4, 0.5) is 10.5 Å². The lowest BCUT2D eigenvalue weighted by atomic mass is 10.1. The van der Waals surface area contributed by atoms with Crippen LogP contribution >= 0.6 is 0 Å².